The zero-order valence-corrected chi connectivity index (χ0v) is 19.9. The summed E-state index contributed by atoms with van der Waals surface area (Å²) in [6, 6.07) is 7.35. The van der Waals surface area contributed by atoms with Crippen LogP contribution in [0.1, 0.15) is 29.7 Å². The fraction of sp³-hybridized carbons (Fsp3) is 0.435. The molecule has 1 N–H and O–H groups in total. The molecule has 0 saturated carbocycles. The highest BCUT2D eigenvalue weighted by Gasteiger charge is 2.22. The average Bonchev–Trinajstić information content (AvgIpc) is 2.99. The highest BCUT2D eigenvalue weighted by atomic mass is 32.2. The second-order valence-corrected chi connectivity index (χ2v) is 9.64. The normalized spacial score (nSPS) is 13.6. The lowest BCUT2D eigenvalue weighted by Gasteiger charge is -2.13. The molecule has 0 spiro atoms. The molecule has 1 amide bonds. The molecular weight excluding hydrogens is 446 g/mol. The van der Waals surface area contributed by atoms with E-state index in [1.807, 2.05) is 24.3 Å². The van der Waals surface area contributed by atoms with Gasteiger partial charge in [0.2, 0.25) is 5.91 Å². The van der Waals surface area contributed by atoms with Gasteiger partial charge in [-0.2, -0.15) is 0 Å². The molecule has 0 bridgehead atoms. The number of aromatic nitrogens is 2. The van der Waals surface area contributed by atoms with Gasteiger partial charge in [-0.15, -0.1) is 11.3 Å². The number of nitrogens with zero attached hydrogens (tertiary/aromatic N) is 2. The maximum atomic E-state index is 13.8. The van der Waals surface area contributed by atoms with Gasteiger partial charge in [-0.3, -0.25) is 14.2 Å². The molecule has 0 radical (unpaired) electrons. The number of carbonyl (C=O) groups excluding carboxylic acids is 1. The lowest BCUT2D eigenvalue weighted by Crippen LogP contribution is -2.29. The van der Waals surface area contributed by atoms with Crippen molar-refractivity contribution in [1.82, 2.24) is 14.9 Å². The number of benzene rings is 1. The monoisotopic (exact) mass is 473 g/mol. The average molecular weight is 474 g/mol. The molecule has 3 aromatic rings. The molecule has 7 nitrogen and oxygen atoms in total. The van der Waals surface area contributed by atoms with Gasteiger partial charge >= 0.3 is 0 Å². The maximum absolute atomic E-state index is 13.8. The number of nitrogens with one attached hydrogen (secondary N) is 1. The largest absolute Gasteiger partial charge is 0.497 e. The molecule has 0 saturated heterocycles. The molecule has 2 aromatic heterocycles. The Hall–Kier alpha value is -2.36. The van der Waals surface area contributed by atoms with E-state index in [1.165, 1.54) is 23.1 Å². The number of hydrogen-bond acceptors (Lipinski definition) is 7. The number of fused-ring (bicyclic) bond motifs is 3. The van der Waals surface area contributed by atoms with Gasteiger partial charge in [-0.1, -0.05) is 18.2 Å². The van der Waals surface area contributed by atoms with Gasteiger partial charge in [-0.05, 0) is 55.5 Å². The number of hydrogen-bond donors (Lipinski definition) is 1. The summed E-state index contributed by atoms with van der Waals surface area (Å²) in [5, 5.41) is 4.07. The van der Waals surface area contributed by atoms with Gasteiger partial charge in [0.05, 0.1) is 30.5 Å². The minimum Gasteiger partial charge on any atom is -0.497 e. The van der Waals surface area contributed by atoms with Crippen LogP contribution in [0, 0.1) is 0 Å². The molecule has 0 fully saturated rings. The van der Waals surface area contributed by atoms with Crippen LogP contribution in [0.2, 0.25) is 0 Å². The fourth-order valence-corrected chi connectivity index (χ4v) is 6.04. The standard InChI is InChI=1S/C23H27N3O4S2/c1-29-13-12-24-19(27)14-31-23-25-21-20(17-6-4-3-5-7-18(17)32-21)22(28)26(23)15-8-10-16(30-2)11-9-15/h8-11H,3-7,12-14H2,1-2H3,(H,24,27). The molecule has 170 valence electrons. The van der Waals surface area contributed by atoms with E-state index in [0.29, 0.717) is 29.7 Å². The van der Waals surface area contributed by atoms with E-state index >= 15 is 0 Å². The van der Waals surface area contributed by atoms with E-state index in [9.17, 15) is 9.59 Å². The second kappa shape index (κ2) is 10.5. The number of carbonyl (C=O) groups is 1. The predicted octanol–water partition coefficient (Wildman–Crippen LogP) is 3.58. The number of thioether (sulfide) groups is 1. The third kappa shape index (κ3) is 4.84. The number of rotatable bonds is 8. The van der Waals surface area contributed by atoms with Crippen molar-refractivity contribution in [2.24, 2.45) is 0 Å². The van der Waals surface area contributed by atoms with Crippen LogP contribution in [0.4, 0.5) is 0 Å². The highest BCUT2D eigenvalue weighted by Crippen LogP contribution is 2.34. The van der Waals surface area contributed by atoms with Gasteiger partial charge in [0.25, 0.3) is 5.56 Å². The van der Waals surface area contributed by atoms with Gasteiger partial charge in [0.15, 0.2) is 5.16 Å². The molecule has 0 unspecified atom stereocenters. The van der Waals surface area contributed by atoms with Crippen LogP contribution in [0.5, 0.6) is 5.75 Å². The third-order valence-electron chi connectivity index (χ3n) is 5.50. The third-order valence-corrected chi connectivity index (χ3v) is 7.62. The fourth-order valence-electron chi connectivity index (χ4n) is 3.89. The second-order valence-electron chi connectivity index (χ2n) is 7.61. The van der Waals surface area contributed by atoms with Crippen LogP contribution in [0.25, 0.3) is 15.9 Å². The Morgan fingerprint density at radius 1 is 1.19 bits per heavy atom. The molecule has 32 heavy (non-hydrogen) atoms. The highest BCUT2D eigenvalue weighted by molar-refractivity contribution is 7.99. The van der Waals surface area contributed by atoms with Crippen molar-refractivity contribution >= 4 is 39.2 Å². The predicted molar refractivity (Wildman–Crippen MR) is 129 cm³/mol. The van der Waals surface area contributed by atoms with E-state index < -0.39 is 0 Å². The van der Waals surface area contributed by atoms with Crippen LogP contribution in [-0.2, 0) is 22.4 Å². The number of aryl methyl sites for hydroxylation is 2. The molecule has 1 aromatic carbocycles. The summed E-state index contributed by atoms with van der Waals surface area (Å²) in [7, 11) is 3.20. The van der Waals surface area contributed by atoms with Crippen molar-refractivity contribution in [2.45, 2.75) is 37.3 Å². The van der Waals surface area contributed by atoms with Crippen LogP contribution in [-0.4, -0.2) is 48.6 Å². The minimum atomic E-state index is -0.121. The summed E-state index contributed by atoms with van der Waals surface area (Å²) < 4.78 is 11.9. The van der Waals surface area contributed by atoms with Crippen LogP contribution < -0.4 is 15.6 Å². The molecule has 1 aliphatic rings. The Kier molecular flexibility index (Phi) is 7.49. The van der Waals surface area contributed by atoms with Crippen LogP contribution in [0.15, 0.2) is 34.2 Å². The zero-order valence-electron chi connectivity index (χ0n) is 18.3. The lowest BCUT2D eigenvalue weighted by atomic mass is 10.1. The van der Waals surface area contributed by atoms with Crippen molar-refractivity contribution in [3.05, 3.63) is 45.1 Å². The van der Waals surface area contributed by atoms with E-state index in [0.717, 1.165) is 41.5 Å². The topological polar surface area (TPSA) is 82.5 Å². The number of amides is 1. The van der Waals surface area contributed by atoms with E-state index in [-0.39, 0.29) is 17.2 Å². The Morgan fingerprint density at radius 3 is 2.72 bits per heavy atom. The Labute approximate surface area is 195 Å². The van der Waals surface area contributed by atoms with Crippen LogP contribution >= 0.6 is 23.1 Å². The van der Waals surface area contributed by atoms with E-state index in [2.05, 4.69) is 5.32 Å². The van der Waals surface area contributed by atoms with E-state index in [4.69, 9.17) is 14.5 Å². The van der Waals surface area contributed by atoms with E-state index in [1.54, 1.807) is 30.1 Å². The molecule has 9 heteroatoms. The van der Waals surface area contributed by atoms with Gasteiger partial charge < -0.3 is 14.8 Å². The summed E-state index contributed by atoms with van der Waals surface area (Å²) in [6.45, 7) is 0.906. The van der Waals surface area contributed by atoms with Crippen LogP contribution in [0.3, 0.4) is 0 Å². The summed E-state index contributed by atoms with van der Waals surface area (Å²) in [4.78, 5) is 32.9. The smallest absolute Gasteiger partial charge is 0.267 e. The van der Waals surface area contributed by atoms with Crippen molar-refractivity contribution in [2.75, 3.05) is 33.1 Å². The first-order valence-electron chi connectivity index (χ1n) is 10.7. The quantitative estimate of drug-likeness (QED) is 0.233. The summed E-state index contributed by atoms with van der Waals surface area (Å²) in [5.41, 5.74) is 1.80. The van der Waals surface area contributed by atoms with Gasteiger partial charge in [-0.25, -0.2) is 4.98 Å². The van der Waals surface area contributed by atoms with Crippen molar-refractivity contribution in [3.8, 4) is 11.4 Å². The summed E-state index contributed by atoms with van der Waals surface area (Å²) in [6.07, 6.45) is 5.36. The van der Waals surface area contributed by atoms with Crippen molar-refractivity contribution < 1.29 is 14.3 Å². The number of methoxy groups -OCH3 is 2. The first-order chi connectivity index (χ1) is 15.6. The van der Waals surface area contributed by atoms with Gasteiger partial charge in [0, 0.05) is 18.5 Å². The molecule has 2 heterocycles. The van der Waals surface area contributed by atoms with Gasteiger partial charge in [0.1, 0.15) is 10.6 Å². The zero-order chi connectivity index (χ0) is 22.5. The Morgan fingerprint density at radius 2 is 1.97 bits per heavy atom. The lowest BCUT2D eigenvalue weighted by molar-refractivity contribution is -0.118. The maximum Gasteiger partial charge on any atom is 0.267 e. The summed E-state index contributed by atoms with van der Waals surface area (Å²) >= 11 is 2.90. The first kappa shape index (κ1) is 22.8. The molecule has 4 rings (SSSR count). The molecule has 0 atom stereocenters. The van der Waals surface area contributed by atoms with Crippen molar-refractivity contribution in [1.29, 1.82) is 0 Å². The molecule has 1 aliphatic carbocycles. The molecule has 0 aliphatic heterocycles. The SMILES string of the molecule is COCCNC(=O)CSc1nc2sc3c(c2c(=O)n1-c1ccc(OC)cc1)CCCCC3. The Bertz CT molecular complexity index is 1150. The van der Waals surface area contributed by atoms with Crippen molar-refractivity contribution in [3.63, 3.8) is 0 Å². The number of thiophene rings is 1. The first-order valence-corrected chi connectivity index (χ1v) is 12.5. The Balaban J connectivity index is 1.76. The summed E-state index contributed by atoms with van der Waals surface area (Å²) in [5.74, 6) is 0.764. The molecular formula is C23H27N3O4S2. The number of ether oxygens (including phenoxy) is 2. The minimum absolute atomic E-state index is 0.0677.